The van der Waals surface area contributed by atoms with Crippen molar-refractivity contribution in [1.82, 2.24) is 4.98 Å². The van der Waals surface area contributed by atoms with Gasteiger partial charge in [-0.1, -0.05) is 20.8 Å². The molecule has 0 spiro atoms. The van der Waals surface area contributed by atoms with Crippen molar-refractivity contribution in [1.29, 1.82) is 0 Å². The summed E-state index contributed by atoms with van der Waals surface area (Å²) < 4.78 is 6.09. The number of ether oxygens (including phenoxy) is 1. The number of hydrogen-bond acceptors (Lipinski definition) is 2. The average molecular weight is 310 g/mol. The third-order valence-corrected chi connectivity index (χ3v) is 3.59. The van der Waals surface area contributed by atoms with Crippen molar-refractivity contribution >= 4 is 26.8 Å². The standard InChI is InChI=1S/C14H16BrNO2/c1-14(2,3)11-7-9(17)12-8(15)5-6-10(18-4)13(12)16-11/h5-7H,1-4H3,(H,16,17). The van der Waals surface area contributed by atoms with Crippen LogP contribution in [0.4, 0.5) is 0 Å². The Morgan fingerprint density at radius 2 is 1.94 bits per heavy atom. The molecule has 4 heteroatoms. The van der Waals surface area contributed by atoms with E-state index in [0.717, 1.165) is 15.7 Å². The summed E-state index contributed by atoms with van der Waals surface area (Å²) in [5.41, 5.74) is 1.53. The van der Waals surface area contributed by atoms with Crippen LogP contribution in [-0.2, 0) is 5.41 Å². The summed E-state index contributed by atoms with van der Waals surface area (Å²) >= 11 is 3.41. The molecule has 0 saturated heterocycles. The predicted molar refractivity (Wildman–Crippen MR) is 77.5 cm³/mol. The van der Waals surface area contributed by atoms with Gasteiger partial charge in [0.05, 0.1) is 18.0 Å². The van der Waals surface area contributed by atoms with Crippen molar-refractivity contribution in [2.24, 2.45) is 0 Å². The highest BCUT2D eigenvalue weighted by Gasteiger charge is 2.18. The molecule has 0 amide bonds. The molecule has 0 aliphatic heterocycles. The number of halogens is 1. The van der Waals surface area contributed by atoms with E-state index in [2.05, 4.69) is 41.7 Å². The molecule has 1 aromatic carbocycles. The fraction of sp³-hybridized carbons (Fsp3) is 0.357. The molecule has 0 bridgehead atoms. The fourth-order valence-electron chi connectivity index (χ4n) is 1.87. The Kier molecular flexibility index (Phi) is 3.23. The Morgan fingerprint density at radius 1 is 1.28 bits per heavy atom. The number of fused-ring (bicyclic) bond motifs is 1. The first-order valence-electron chi connectivity index (χ1n) is 5.74. The maximum atomic E-state index is 12.2. The average Bonchev–Trinajstić information content (AvgIpc) is 2.27. The summed E-state index contributed by atoms with van der Waals surface area (Å²) in [5, 5.41) is 0.627. The smallest absolute Gasteiger partial charge is 0.190 e. The van der Waals surface area contributed by atoms with E-state index < -0.39 is 0 Å². The number of pyridine rings is 1. The Labute approximate surface area is 114 Å². The first-order valence-corrected chi connectivity index (χ1v) is 6.54. The van der Waals surface area contributed by atoms with Crippen molar-refractivity contribution in [3.05, 3.63) is 38.6 Å². The van der Waals surface area contributed by atoms with Crippen molar-refractivity contribution in [2.45, 2.75) is 26.2 Å². The summed E-state index contributed by atoms with van der Waals surface area (Å²) in [6.45, 7) is 6.19. The topological polar surface area (TPSA) is 42.1 Å². The van der Waals surface area contributed by atoms with Gasteiger partial charge < -0.3 is 9.72 Å². The van der Waals surface area contributed by atoms with Crippen molar-refractivity contribution in [2.75, 3.05) is 7.11 Å². The van der Waals surface area contributed by atoms with E-state index in [9.17, 15) is 4.79 Å². The SMILES string of the molecule is COc1ccc(Br)c2c(=O)cc(C(C)(C)C)[nH]c12. The minimum absolute atomic E-state index is 0.000509. The second-order valence-corrected chi connectivity index (χ2v) is 6.15. The molecule has 0 atom stereocenters. The van der Waals surface area contributed by atoms with Gasteiger partial charge in [-0.25, -0.2) is 0 Å². The Bertz CT molecular complexity index is 653. The molecular formula is C14H16BrNO2. The van der Waals surface area contributed by atoms with Crippen molar-refractivity contribution in [3.63, 3.8) is 0 Å². The molecule has 0 radical (unpaired) electrons. The minimum Gasteiger partial charge on any atom is -0.495 e. The lowest BCUT2D eigenvalue weighted by molar-refractivity contribution is 0.418. The van der Waals surface area contributed by atoms with Crippen molar-refractivity contribution < 1.29 is 4.74 Å². The predicted octanol–water partition coefficient (Wildman–Crippen LogP) is 3.60. The number of rotatable bonds is 1. The summed E-state index contributed by atoms with van der Waals surface area (Å²) in [4.78, 5) is 15.5. The zero-order chi connectivity index (χ0) is 13.5. The number of hydrogen-bond donors (Lipinski definition) is 1. The quantitative estimate of drug-likeness (QED) is 0.874. The molecule has 1 aromatic heterocycles. The molecule has 0 fully saturated rings. The molecule has 1 N–H and O–H groups in total. The summed E-state index contributed by atoms with van der Waals surface area (Å²) in [5.74, 6) is 0.677. The zero-order valence-corrected chi connectivity index (χ0v) is 12.5. The fourth-order valence-corrected chi connectivity index (χ4v) is 2.40. The van der Waals surface area contributed by atoms with Gasteiger partial charge >= 0.3 is 0 Å². The van der Waals surface area contributed by atoms with E-state index in [0.29, 0.717) is 11.1 Å². The number of aromatic amines is 1. The Hall–Kier alpha value is -1.29. The van der Waals surface area contributed by atoms with E-state index in [-0.39, 0.29) is 10.8 Å². The van der Waals surface area contributed by atoms with Gasteiger partial charge in [0.25, 0.3) is 0 Å². The molecule has 0 aliphatic carbocycles. The number of methoxy groups -OCH3 is 1. The molecule has 0 aliphatic rings. The highest BCUT2D eigenvalue weighted by atomic mass is 79.9. The largest absolute Gasteiger partial charge is 0.495 e. The normalized spacial score (nSPS) is 11.8. The maximum absolute atomic E-state index is 12.2. The molecule has 96 valence electrons. The van der Waals surface area contributed by atoms with Gasteiger partial charge in [-0.2, -0.15) is 0 Å². The monoisotopic (exact) mass is 309 g/mol. The van der Waals surface area contributed by atoms with E-state index in [4.69, 9.17) is 4.74 Å². The third kappa shape index (κ3) is 2.17. The molecule has 2 aromatic rings. The number of H-pyrrole nitrogens is 1. The van der Waals surface area contributed by atoms with E-state index in [1.807, 2.05) is 12.1 Å². The summed E-state index contributed by atoms with van der Waals surface area (Å²) in [6, 6.07) is 5.33. The lowest BCUT2D eigenvalue weighted by Gasteiger charge is -2.20. The second kappa shape index (κ2) is 4.43. The Balaban J connectivity index is 2.91. The minimum atomic E-state index is -0.110. The molecule has 0 unspecified atom stereocenters. The lowest BCUT2D eigenvalue weighted by Crippen LogP contribution is -2.18. The van der Waals surface area contributed by atoms with Crippen LogP contribution in [0.1, 0.15) is 26.5 Å². The van der Waals surface area contributed by atoms with Gasteiger partial charge in [-0.3, -0.25) is 4.79 Å². The molecule has 3 nitrogen and oxygen atoms in total. The van der Waals surface area contributed by atoms with Crippen molar-refractivity contribution in [3.8, 4) is 5.75 Å². The lowest BCUT2D eigenvalue weighted by atomic mass is 9.91. The van der Waals surface area contributed by atoms with Gasteiger partial charge in [-0.05, 0) is 28.1 Å². The van der Waals surface area contributed by atoms with Crippen LogP contribution in [0, 0.1) is 0 Å². The van der Waals surface area contributed by atoms with Crippen LogP contribution in [0.2, 0.25) is 0 Å². The number of aromatic nitrogens is 1. The highest BCUT2D eigenvalue weighted by Crippen LogP contribution is 2.30. The Morgan fingerprint density at radius 3 is 2.50 bits per heavy atom. The summed E-state index contributed by atoms with van der Waals surface area (Å²) in [7, 11) is 1.60. The first-order chi connectivity index (χ1) is 8.34. The van der Waals surface area contributed by atoms with Crippen LogP contribution in [-0.4, -0.2) is 12.1 Å². The molecule has 2 rings (SSSR count). The van der Waals surface area contributed by atoms with E-state index >= 15 is 0 Å². The van der Waals surface area contributed by atoms with Crippen LogP contribution in [0.25, 0.3) is 10.9 Å². The molecule has 0 saturated carbocycles. The van der Waals surface area contributed by atoms with Gasteiger partial charge in [0.1, 0.15) is 5.75 Å². The number of nitrogens with one attached hydrogen (secondary N) is 1. The molecule has 1 heterocycles. The van der Waals surface area contributed by atoms with E-state index in [1.165, 1.54) is 0 Å². The summed E-state index contributed by atoms with van der Waals surface area (Å²) in [6.07, 6.45) is 0. The maximum Gasteiger partial charge on any atom is 0.190 e. The van der Waals surface area contributed by atoms with Gasteiger partial charge in [0, 0.05) is 21.6 Å². The van der Waals surface area contributed by atoms with Crippen LogP contribution < -0.4 is 10.2 Å². The zero-order valence-electron chi connectivity index (χ0n) is 10.9. The third-order valence-electron chi connectivity index (χ3n) is 2.93. The van der Waals surface area contributed by atoms with Crippen LogP contribution >= 0.6 is 15.9 Å². The van der Waals surface area contributed by atoms with E-state index in [1.54, 1.807) is 13.2 Å². The first kappa shape index (κ1) is 13.1. The van der Waals surface area contributed by atoms with Crippen LogP contribution in [0.5, 0.6) is 5.75 Å². The molecular weight excluding hydrogens is 294 g/mol. The van der Waals surface area contributed by atoms with Crippen LogP contribution in [0.15, 0.2) is 27.5 Å². The molecule has 18 heavy (non-hydrogen) atoms. The highest BCUT2D eigenvalue weighted by molar-refractivity contribution is 9.10. The number of benzene rings is 1. The van der Waals surface area contributed by atoms with Crippen LogP contribution in [0.3, 0.4) is 0 Å². The van der Waals surface area contributed by atoms with Gasteiger partial charge in [0.15, 0.2) is 5.43 Å². The van der Waals surface area contributed by atoms with Gasteiger partial charge in [-0.15, -0.1) is 0 Å². The van der Waals surface area contributed by atoms with Gasteiger partial charge in [0.2, 0.25) is 0 Å². The second-order valence-electron chi connectivity index (χ2n) is 5.30.